The standard InChI is InChI=1S/C10H11N3O5/c11-10(17)18-5-4-12-8(14)6-2-1-3-7(13-6)9(15)16/h1-3H,4-5H2,(H2,11,17)(H,12,14)(H,15,16). The number of aromatic nitrogens is 1. The van der Waals surface area contributed by atoms with Crippen LogP contribution in [-0.2, 0) is 4.74 Å². The van der Waals surface area contributed by atoms with E-state index in [1.54, 1.807) is 0 Å². The highest BCUT2D eigenvalue weighted by Crippen LogP contribution is 1.99. The number of aromatic carboxylic acids is 1. The molecular weight excluding hydrogens is 242 g/mol. The molecule has 2 amide bonds. The van der Waals surface area contributed by atoms with E-state index in [1.165, 1.54) is 18.2 Å². The SMILES string of the molecule is NC(=O)OCCNC(=O)c1cccc(C(=O)O)n1. The lowest BCUT2D eigenvalue weighted by Crippen LogP contribution is -2.29. The number of carbonyl (C=O) groups excluding carboxylic acids is 2. The molecule has 0 fully saturated rings. The van der Waals surface area contributed by atoms with Gasteiger partial charge in [-0.1, -0.05) is 6.07 Å². The van der Waals surface area contributed by atoms with Gasteiger partial charge in [0.2, 0.25) is 0 Å². The molecule has 0 bridgehead atoms. The molecule has 96 valence electrons. The molecule has 0 spiro atoms. The lowest BCUT2D eigenvalue weighted by molar-refractivity contribution is 0.0690. The molecule has 1 heterocycles. The molecule has 0 saturated heterocycles. The van der Waals surface area contributed by atoms with Crippen LogP contribution in [0.4, 0.5) is 4.79 Å². The molecule has 0 unspecified atom stereocenters. The number of carbonyl (C=O) groups is 3. The largest absolute Gasteiger partial charge is 0.477 e. The second kappa shape index (κ2) is 6.18. The van der Waals surface area contributed by atoms with E-state index in [4.69, 9.17) is 10.8 Å². The normalized spacial score (nSPS) is 9.56. The van der Waals surface area contributed by atoms with Gasteiger partial charge < -0.3 is 20.9 Å². The molecule has 1 rings (SSSR count). The van der Waals surface area contributed by atoms with Crippen molar-refractivity contribution < 1.29 is 24.2 Å². The number of ether oxygens (including phenoxy) is 1. The fourth-order valence-electron chi connectivity index (χ4n) is 1.09. The molecule has 1 aromatic heterocycles. The van der Waals surface area contributed by atoms with Crippen LogP contribution in [0.5, 0.6) is 0 Å². The highest BCUT2D eigenvalue weighted by Gasteiger charge is 2.10. The summed E-state index contributed by atoms with van der Waals surface area (Å²) >= 11 is 0. The number of primary amides is 1. The van der Waals surface area contributed by atoms with E-state index in [0.717, 1.165) is 0 Å². The zero-order valence-corrected chi connectivity index (χ0v) is 9.25. The lowest BCUT2D eigenvalue weighted by Gasteiger charge is -2.05. The van der Waals surface area contributed by atoms with E-state index in [0.29, 0.717) is 0 Å². The van der Waals surface area contributed by atoms with Crippen LogP contribution in [-0.4, -0.2) is 41.2 Å². The van der Waals surface area contributed by atoms with Gasteiger partial charge in [0.25, 0.3) is 5.91 Å². The summed E-state index contributed by atoms with van der Waals surface area (Å²) in [4.78, 5) is 36.1. The molecular formula is C10H11N3O5. The van der Waals surface area contributed by atoms with Gasteiger partial charge in [-0.05, 0) is 12.1 Å². The molecule has 0 saturated carbocycles. The Balaban J connectivity index is 2.53. The highest BCUT2D eigenvalue weighted by molar-refractivity contribution is 5.94. The molecule has 0 atom stereocenters. The predicted molar refractivity (Wildman–Crippen MR) is 59.1 cm³/mol. The number of rotatable bonds is 5. The number of nitrogens with one attached hydrogen (secondary N) is 1. The Bertz CT molecular complexity index is 474. The fourth-order valence-corrected chi connectivity index (χ4v) is 1.09. The second-order valence-electron chi connectivity index (χ2n) is 3.14. The Morgan fingerprint density at radius 2 is 2.00 bits per heavy atom. The molecule has 0 aliphatic carbocycles. The minimum Gasteiger partial charge on any atom is -0.477 e. The van der Waals surface area contributed by atoms with E-state index in [-0.39, 0.29) is 24.5 Å². The maximum absolute atomic E-state index is 11.5. The van der Waals surface area contributed by atoms with Crippen LogP contribution in [0, 0.1) is 0 Å². The van der Waals surface area contributed by atoms with E-state index in [1.807, 2.05) is 0 Å². The summed E-state index contributed by atoms with van der Waals surface area (Å²) in [6.07, 6.45) is -0.935. The van der Waals surface area contributed by atoms with Crippen LogP contribution < -0.4 is 11.1 Å². The van der Waals surface area contributed by atoms with Gasteiger partial charge in [0.05, 0.1) is 6.54 Å². The Hall–Kier alpha value is -2.64. The van der Waals surface area contributed by atoms with Gasteiger partial charge in [-0.15, -0.1) is 0 Å². The van der Waals surface area contributed by atoms with Gasteiger partial charge in [0.1, 0.15) is 18.0 Å². The van der Waals surface area contributed by atoms with Crippen LogP contribution >= 0.6 is 0 Å². The topological polar surface area (TPSA) is 132 Å². The monoisotopic (exact) mass is 253 g/mol. The fraction of sp³-hybridized carbons (Fsp3) is 0.200. The third-order valence-electron chi connectivity index (χ3n) is 1.83. The van der Waals surface area contributed by atoms with E-state index in [2.05, 4.69) is 15.0 Å². The highest BCUT2D eigenvalue weighted by atomic mass is 16.5. The average molecular weight is 253 g/mol. The van der Waals surface area contributed by atoms with Crippen LogP contribution in [0.1, 0.15) is 21.0 Å². The molecule has 0 aliphatic rings. The first-order valence-corrected chi connectivity index (χ1v) is 4.91. The summed E-state index contributed by atoms with van der Waals surface area (Å²) in [5, 5.41) is 11.1. The summed E-state index contributed by atoms with van der Waals surface area (Å²) in [7, 11) is 0. The smallest absolute Gasteiger partial charge is 0.404 e. The Morgan fingerprint density at radius 3 is 2.61 bits per heavy atom. The lowest BCUT2D eigenvalue weighted by atomic mass is 10.3. The van der Waals surface area contributed by atoms with Crippen molar-refractivity contribution in [1.29, 1.82) is 0 Å². The molecule has 18 heavy (non-hydrogen) atoms. The Kier molecular flexibility index (Phi) is 4.61. The van der Waals surface area contributed by atoms with Crippen LogP contribution in [0.25, 0.3) is 0 Å². The maximum atomic E-state index is 11.5. The minimum atomic E-state index is -1.22. The first-order chi connectivity index (χ1) is 8.50. The summed E-state index contributed by atoms with van der Waals surface area (Å²) in [6, 6.07) is 4.05. The van der Waals surface area contributed by atoms with Crippen molar-refractivity contribution in [3.63, 3.8) is 0 Å². The summed E-state index contributed by atoms with van der Waals surface area (Å²) in [5.41, 5.74) is 4.46. The van der Waals surface area contributed by atoms with Crippen LogP contribution in [0.3, 0.4) is 0 Å². The van der Waals surface area contributed by atoms with E-state index >= 15 is 0 Å². The number of amides is 2. The first kappa shape index (κ1) is 13.4. The zero-order valence-electron chi connectivity index (χ0n) is 9.25. The van der Waals surface area contributed by atoms with Gasteiger partial charge in [-0.2, -0.15) is 0 Å². The zero-order chi connectivity index (χ0) is 13.5. The average Bonchev–Trinajstić information content (AvgIpc) is 2.34. The summed E-state index contributed by atoms with van der Waals surface area (Å²) in [5.74, 6) is -1.78. The third kappa shape index (κ3) is 4.08. The molecule has 1 aromatic rings. The number of hydrogen-bond donors (Lipinski definition) is 3. The van der Waals surface area contributed by atoms with Crippen LogP contribution in [0.15, 0.2) is 18.2 Å². The Labute approximate surface area is 102 Å². The molecule has 8 heteroatoms. The van der Waals surface area contributed by atoms with Crippen molar-refractivity contribution in [2.75, 3.05) is 13.2 Å². The van der Waals surface area contributed by atoms with Gasteiger partial charge in [0.15, 0.2) is 0 Å². The number of pyridine rings is 1. The molecule has 0 aromatic carbocycles. The van der Waals surface area contributed by atoms with Gasteiger partial charge >= 0.3 is 12.1 Å². The van der Waals surface area contributed by atoms with E-state index in [9.17, 15) is 14.4 Å². The van der Waals surface area contributed by atoms with Crippen LogP contribution in [0.2, 0.25) is 0 Å². The first-order valence-electron chi connectivity index (χ1n) is 4.91. The predicted octanol–water partition coefficient (Wildman–Crippen LogP) is -0.395. The number of nitrogens with two attached hydrogens (primary N) is 1. The summed E-state index contributed by atoms with van der Waals surface area (Å²) in [6.45, 7) is -0.0134. The van der Waals surface area contributed by atoms with Crippen molar-refractivity contribution in [3.05, 3.63) is 29.6 Å². The van der Waals surface area contributed by atoms with Crippen molar-refractivity contribution in [1.82, 2.24) is 10.3 Å². The third-order valence-corrected chi connectivity index (χ3v) is 1.83. The minimum absolute atomic E-state index is 0.0334. The quantitative estimate of drug-likeness (QED) is 0.612. The molecule has 8 nitrogen and oxygen atoms in total. The molecule has 4 N–H and O–H groups in total. The van der Waals surface area contributed by atoms with E-state index < -0.39 is 18.0 Å². The van der Waals surface area contributed by atoms with Crippen molar-refractivity contribution in [2.24, 2.45) is 5.73 Å². The summed E-state index contributed by atoms with van der Waals surface area (Å²) < 4.78 is 4.40. The molecule has 0 aliphatic heterocycles. The van der Waals surface area contributed by atoms with Gasteiger partial charge in [0, 0.05) is 0 Å². The maximum Gasteiger partial charge on any atom is 0.404 e. The number of carboxylic acid groups (broad SMARTS) is 1. The van der Waals surface area contributed by atoms with Gasteiger partial charge in [-0.3, -0.25) is 4.79 Å². The van der Waals surface area contributed by atoms with Crippen molar-refractivity contribution in [3.8, 4) is 0 Å². The second-order valence-corrected chi connectivity index (χ2v) is 3.14. The number of nitrogens with zero attached hydrogens (tertiary/aromatic N) is 1. The number of hydrogen-bond acceptors (Lipinski definition) is 5. The molecule has 0 radical (unpaired) electrons. The Morgan fingerprint density at radius 1 is 1.33 bits per heavy atom. The van der Waals surface area contributed by atoms with Crippen molar-refractivity contribution in [2.45, 2.75) is 0 Å². The van der Waals surface area contributed by atoms with Gasteiger partial charge in [-0.25, -0.2) is 14.6 Å². The van der Waals surface area contributed by atoms with Crippen molar-refractivity contribution >= 4 is 18.0 Å². The number of carboxylic acids is 1.